The fourth-order valence-electron chi connectivity index (χ4n) is 1.93. The molecule has 1 aliphatic heterocycles. The van der Waals surface area contributed by atoms with Gasteiger partial charge >= 0.3 is 0 Å². The van der Waals surface area contributed by atoms with Gasteiger partial charge in [0.1, 0.15) is 0 Å². The van der Waals surface area contributed by atoms with Crippen LogP contribution in [-0.4, -0.2) is 62.8 Å². The van der Waals surface area contributed by atoms with Crippen molar-refractivity contribution in [1.82, 2.24) is 9.80 Å². The summed E-state index contributed by atoms with van der Waals surface area (Å²) >= 11 is 0. The lowest BCUT2D eigenvalue weighted by Crippen LogP contribution is -2.48. The smallest absolute Gasteiger partial charge is 0.0589 e. The zero-order valence-corrected chi connectivity index (χ0v) is 9.83. The van der Waals surface area contributed by atoms with Gasteiger partial charge in [-0.2, -0.15) is 0 Å². The summed E-state index contributed by atoms with van der Waals surface area (Å²) in [6, 6.07) is 0. The maximum absolute atomic E-state index is 5.08. The van der Waals surface area contributed by atoms with Crippen LogP contribution in [0.3, 0.4) is 0 Å². The fourth-order valence-corrected chi connectivity index (χ4v) is 1.93. The van der Waals surface area contributed by atoms with E-state index < -0.39 is 0 Å². The highest BCUT2D eigenvalue weighted by Gasteiger charge is 2.16. The van der Waals surface area contributed by atoms with Crippen molar-refractivity contribution in [3.63, 3.8) is 0 Å². The Bertz CT molecular complexity index is 142. The summed E-state index contributed by atoms with van der Waals surface area (Å²) in [7, 11) is 1.77. The second kappa shape index (κ2) is 6.38. The number of piperazine rings is 1. The van der Waals surface area contributed by atoms with Gasteiger partial charge in [-0.15, -0.1) is 0 Å². The van der Waals surface area contributed by atoms with E-state index in [1.807, 2.05) is 0 Å². The molecule has 0 unspecified atom stereocenters. The van der Waals surface area contributed by atoms with Crippen LogP contribution in [0.15, 0.2) is 0 Å². The molecule has 0 aromatic carbocycles. The Kier molecular flexibility index (Phi) is 5.45. The molecule has 0 amide bonds. The van der Waals surface area contributed by atoms with E-state index in [0.717, 1.165) is 19.1 Å². The van der Waals surface area contributed by atoms with E-state index in [2.05, 4.69) is 23.6 Å². The fraction of sp³-hybridized carbons (Fsp3) is 1.00. The third kappa shape index (κ3) is 4.40. The Morgan fingerprint density at radius 3 is 2.14 bits per heavy atom. The summed E-state index contributed by atoms with van der Waals surface area (Å²) in [5.41, 5.74) is 0. The van der Waals surface area contributed by atoms with Crippen molar-refractivity contribution in [1.29, 1.82) is 0 Å². The number of rotatable bonds is 5. The average Bonchev–Trinajstić information content (AvgIpc) is 2.16. The van der Waals surface area contributed by atoms with Crippen molar-refractivity contribution >= 4 is 0 Å². The summed E-state index contributed by atoms with van der Waals surface area (Å²) in [6.07, 6.45) is 0. The van der Waals surface area contributed by atoms with Gasteiger partial charge in [-0.1, -0.05) is 13.8 Å². The lowest BCUT2D eigenvalue weighted by Gasteiger charge is -2.35. The zero-order valence-electron chi connectivity index (χ0n) is 9.83. The molecule has 3 heteroatoms. The van der Waals surface area contributed by atoms with Crippen LogP contribution in [0.4, 0.5) is 0 Å². The summed E-state index contributed by atoms with van der Waals surface area (Å²) in [5, 5.41) is 0. The number of nitrogens with zero attached hydrogens (tertiary/aromatic N) is 2. The van der Waals surface area contributed by atoms with Crippen molar-refractivity contribution in [2.24, 2.45) is 5.92 Å². The highest BCUT2D eigenvalue weighted by molar-refractivity contribution is 4.72. The summed E-state index contributed by atoms with van der Waals surface area (Å²) in [5.74, 6) is 0.792. The molecule has 14 heavy (non-hydrogen) atoms. The lowest BCUT2D eigenvalue weighted by molar-refractivity contribution is 0.0916. The van der Waals surface area contributed by atoms with Gasteiger partial charge in [0.05, 0.1) is 6.61 Å². The van der Waals surface area contributed by atoms with E-state index >= 15 is 0 Å². The average molecular weight is 200 g/mol. The molecule has 84 valence electrons. The number of hydrogen-bond donors (Lipinski definition) is 0. The van der Waals surface area contributed by atoms with E-state index in [1.54, 1.807) is 7.11 Å². The molecule has 1 heterocycles. The number of hydrogen-bond acceptors (Lipinski definition) is 3. The molecule has 0 bridgehead atoms. The number of ether oxygens (including phenoxy) is 1. The molecule has 0 saturated carbocycles. The molecule has 1 rings (SSSR count). The van der Waals surface area contributed by atoms with Gasteiger partial charge in [-0.25, -0.2) is 0 Å². The van der Waals surface area contributed by atoms with Crippen LogP contribution in [0.1, 0.15) is 13.8 Å². The molecule has 0 aromatic rings. The molecule has 0 aromatic heterocycles. The summed E-state index contributed by atoms with van der Waals surface area (Å²) in [6.45, 7) is 12.6. The Balaban J connectivity index is 2.11. The van der Waals surface area contributed by atoms with Gasteiger partial charge in [-0.3, -0.25) is 4.90 Å². The second-order valence-corrected chi connectivity index (χ2v) is 4.53. The monoisotopic (exact) mass is 200 g/mol. The molecule has 0 spiro atoms. The van der Waals surface area contributed by atoms with Gasteiger partial charge in [0.25, 0.3) is 0 Å². The number of methoxy groups -OCH3 is 1. The summed E-state index contributed by atoms with van der Waals surface area (Å²) < 4.78 is 5.08. The predicted octanol–water partition coefficient (Wildman–Crippen LogP) is 0.906. The maximum Gasteiger partial charge on any atom is 0.0589 e. The Morgan fingerprint density at radius 2 is 1.64 bits per heavy atom. The van der Waals surface area contributed by atoms with Crippen molar-refractivity contribution in [3.8, 4) is 0 Å². The normalized spacial score (nSPS) is 20.6. The van der Waals surface area contributed by atoms with Crippen molar-refractivity contribution in [2.75, 3.05) is 53.0 Å². The molecule has 1 fully saturated rings. The molecule has 1 aliphatic rings. The molecule has 3 nitrogen and oxygen atoms in total. The van der Waals surface area contributed by atoms with Crippen LogP contribution < -0.4 is 0 Å². The van der Waals surface area contributed by atoms with Gasteiger partial charge in [0.2, 0.25) is 0 Å². The lowest BCUT2D eigenvalue weighted by atomic mass is 10.2. The van der Waals surface area contributed by atoms with Crippen LogP contribution in [0.25, 0.3) is 0 Å². The molecule has 0 radical (unpaired) electrons. The predicted molar refractivity (Wildman–Crippen MR) is 59.6 cm³/mol. The first-order chi connectivity index (χ1) is 6.72. The quantitative estimate of drug-likeness (QED) is 0.656. The van der Waals surface area contributed by atoms with E-state index in [1.165, 1.54) is 32.7 Å². The van der Waals surface area contributed by atoms with E-state index in [0.29, 0.717) is 0 Å². The van der Waals surface area contributed by atoms with Gasteiger partial charge in [-0.05, 0) is 5.92 Å². The van der Waals surface area contributed by atoms with Crippen molar-refractivity contribution in [3.05, 3.63) is 0 Å². The molecule has 0 N–H and O–H groups in total. The van der Waals surface area contributed by atoms with Crippen LogP contribution in [-0.2, 0) is 4.74 Å². The Morgan fingerprint density at radius 1 is 1.07 bits per heavy atom. The van der Waals surface area contributed by atoms with E-state index in [9.17, 15) is 0 Å². The third-order valence-electron chi connectivity index (χ3n) is 2.70. The SMILES string of the molecule is COCCN1CCN(CC(C)C)CC1. The Labute approximate surface area is 88.0 Å². The first-order valence-corrected chi connectivity index (χ1v) is 5.66. The minimum atomic E-state index is 0.792. The minimum absolute atomic E-state index is 0.792. The van der Waals surface area contributed by atoms with Crippen LogP contribution in [0.5, 0.6) is 0 Å². The van der Waals surface area contributed by atoms with Crippen LogP contribution >= 0.6 is 0 Å². The van der Waals surface area contributed by atoms with Crippen LogP contribution in [0.2, 0.25) is 0 Å². The second-order valence-electron chi connectivity index (χ2n) is 4.53. The molecular formula is C11H24N2O. The standard InChI is InChI=1S/C11H24N2O/c1-11(2)10-13-6-4-12(5-7-13)8-9-14-3/h11H,4-10H2,1-3H3. The molecule has 0 aliphatic carbocycles. The van der Waals surface area contributed by atoms with Crippen LogP contribution in [0, 0.1) is 5.92 Å². The van der Waals surface area contributed by atoms with E-state index in [4.69, 9.17) is 4.74 Å². The topological polar surface area (TPSA) is 15.7 Å². The Hall–Kier alpha value is -0.120. The first-order valence-electron chi connectivity index (χ1n) is 5.66. The third-order valence-corrected chi connectivity index (χ3v) is 2.70. The van der Waals surface area contributed by atoms with Crippen molar-refractivity contribution in [2.45, 2.75) is 13.8 Å². The van der Waals surface area contributed by atoms with Gasteiger partial charge < -0.3 is 9.64 Å². The molecular weight excluding hydrogens is 176 g/mol. The largest absolute Gasteiger partial charge is 0.383 e. The maximum atomic E-state index is 5.08. The van der Waals surface area contributed by atoms with Crippen molar-refractivity contribution < 1.29 is 4.74 Å². The highest BCUT2D eigenvalue weighted by Crippen LogP contribution is 2.04. The summed E-state index contributed by atoms with van der Waals surface area (Å²) in [4.78, 5) is 5.05. The molecule has 1 saturated heterocycles. The van der Waals surface area contributed by atoms with Gasteiger partial charge in [0, 0.05) is 46.4 Å². The molecule has 0 atom stereocenters. The van der Waals surface area contributed by atoms with Gasteiger partial charge in [0.15, 0.2) is 0 Å². The first kappa shape index (κ1) is 12.0. The zero-order chi connectivity index (χ0) is 10.4. The highest BCUT2D eigenvalue weighted by atomic mass is 16.5. The van der Waals surface area contributed by atoms with E-state index in [-0.39, 0.29) is 0 Å². The minimum Gasteiger partial charge on any atom is -0.383 e.